The average Bonchev–Trinajstić information content (AvgIpc) is 3.18. The first-order valence-electron chi connectivity index (χ1n) is 9.29. The van der Waals surface area contributed by atoms with E-state index in [4.69, 9.17) is 9.26 Å². The Balaban J connectivity index is 1.69. The number of benzene rings is 2. The molecule has 0 spiro atoms. The van der Waals surface area contributed by atoms with Crippen molar-refractivity contribution in [1.82, 2.24) is 19.9 Å². The van der Waals surface area contributed by atoms with Gasteiger partial charge in [-0.15, -0.1) is 0 Å². The van der Waals surface area contributed by atoms with E-state index < -0.39 is 0 Å². The van der Waals surface area contributed by atoms with Crippen LogP contribution in [0.3, 0.4) is 0 Å². The zero-order valence-corrected chi connectivity index (χ0v) is 16.4. The number of hydrogen-bond donors (Lipinski definition) is 0. The maximum atomic E-state index is 12.4. The number of nitrogens with zero attached hydrogens (tertiary/aromatic N) is 4. The number of rotatable bonds is 5. The molecule has 0 bridgehead atoms. The van der Waals surface area contributed by atoms with Gasteiger partial charge in [0.2, 0.25) is 11.3 Å². The van der Waals surface area contributed by atoms with Crippen LogP contribution in [0.15, 0.2) is 64.0 Å². The summed E-state index contributed by atoms with van der Waals surface area (Å²) in [6.07, 6.45) is 1.63. The fraction of sp³-hybridized carbons (Fsp3) is 0.182. The number of aromatic nitrogens is 4. The van der Waals surface area contributed by atoms with Gasteiger partial charge in [-0.2, -0.15) is 10.1 Å². The lowest BCUT2D eigenvalue weighted by Gasteiger charge is -2.08. The van der Waals surface area contributed by atoms with Crippen molar-refractivity contribution < 1.29 is 9.26 Å². The molecule has 0 aliphatic heterocycles. The van der Waals surface area contributed by atoms with E-state index in [0.717, 1.165) is 28.1 Å². The molecule has 146 valence electrons. The number of ether oxygens (including phenoxy) is 1. The highest BCUT2D eigenvalue weighted by molar-refractivity contribution is 5.58. The van der Waals surface area contributed by atoms with Crippen LogP contribution in [0.25, 0.3) is 28.7 Å². The van der Waals surface area contributed by atoms with Crippen LogP contribution in [-0.2, 0) is 0 Å². The SMILES string of the molecule is CCOc1ccc(-c2noc(-c3nn(-c4cc(C)cc(C)c4)ccc3=O)n2)cc1. The molecule has 4 aromatic rings. The van der Waals surface area contributed by atoms with Gasteiger partial charge in [-0.05, 0) is 68.3 Å². The zero-order chi connectivity index (χ0) is 20.4. The Morgan fingerprint density at radius 3 is 2.45 bits per heavy atom. The summed E-state index contributed by atoms with van der Waals surface area (Å²) < 4.78 is 12.4. The van der Waals surface area contributed by atoms with Crippen LogP contribution in [0.2, 0.25) is 0 Å². The van der Waals surface area contributed by atoms with Crippen LogP contribution >= 0.6 is 0 Å². The largest absolute Gasteiger partial charge is 0.494 e. The third-order valence-corrected chi connectivity index (χ3v) is 4.33. The molecule has 0 atom stereocenters. The fourth-order valence-corrected chi connectivity index (χ4v) is 3.09. The maximum absolute atomic E-state index is 12.4. The Bertz CT molecular complexity index is 1190. The second-order valence-electron chi connectivity index (χ2n) is 6.70. The van der Waals surface area contributed by atoms with Gasteiger partial charge in [0, 0.05) is 17.8 Å². The summed E-state index contributed by atoms with van der Waals surface area (Å²) in [5.41, 5.74) is 3.66. The Labute approximate surface area is 167 Å². The highest BCUT2D eigenvalue weighted by Gasteiger charge is 2.16. The van der Waals surface area contributed by atoms with E-state index >= 15 is 0 Å². The minimum Gasteiger partial charge on any atom is -0.494 e. The summed E-state index contributed by atoms with van der Waals surface area (Å²) in [7, 11) is 0. The van der Waals surface area contributed by atoms with Gasteiger partial charge in [0.1, 0.15) is 5.75 Å². The second kappa shape index (κ2) is 7.71. The normalized spacial score (nSPS) is 10.9. The summed E-state index contributed by atoms with van der Waals surface area (Å²) >= 11 is 0. The molecule has 2 heterocycles. The second-order valence-corrected chi connectivity index (χ2v) is 6.70. The van der Waals surface area contributed by atoms with Gasteiger partial charge in [-0.1, -0.05) is 11.2 Å². The van der Waals surface area contributed by atoms with E-state index in [0.29, 0.717) is 12.4 Å². The van der Waals surface area contributed by atoms with E-state index in [1.54, 1.807) is 10.9 Å². The van der Waals surface area contributed by atoms with Crippen LogP contribution in [0.5, 0.6) is 5.75 Å². The average molecular weight is 388 g/mol. The molecule has 0 aliphatic carbocycles. The summed E-state index contributed by atoms with van der Waals surface area (Å²) in [5, 5.41) is 8.42. The van der Waals surface area contributed by atoms with Crippen LogP contribution in [0.4, 0.5) is 0 Å². The monoisotopic (exact) mass is 388 g/mol. The van der Waals surface area contributed by atoms with E-state index in [1.807, 2.05) is 57.2 Å². The van der Waals surface area contributed by atoms with Crippen molar-refractivity contribution in [3.8, 4) is 34.4 Å². The summed E-state index contributed by atoms with van der Waals surface area (Å²) in [4.78, 5) is 16.7. The van der Waals surface area contributed by atoms with Gasteiger partial charge in [-0.3, -0.25) is 4.79 Å². The molecular weight excluding hydrogens is 368 g/mol. The van der Waals surface area contributed by atoms with E-state index in [1.165, 1.54) is 6.07 Å². The summed E-state index contributed by atoms with van der Waals surface area (Å²) in [6, 6.07) is 14.9. The van der Waals surface area contributed by atoms with Gasteiger partial charge < -0.3 is 9.26 Å². The smallest absolute Gasteiger partial charge is 0.282 e. The molecule has 0 aliphatic rings. The van der Waals surface area contributed by atoms with Crippen molar-refractivity contribution >= 4 is 0 Å². The van der Waals surface area contributed by atoms with Crippen LogP contribution in [-0.4, -0.2) is 26.5 Å². The fourth-order valence-electron chi connectivity index (χ4n) is 3.09. The summed E-state index contributed by atoms with van der Waals surface area (Å²) in [5.74, 6) is 1.23. The molecule has 0 saturated heterocycles. The zero-order valence-electron chi connectivity index (χ0n) is 16.4. The molecule has 0 radical (unpaired) electrons. The number of hydrogen-bond acceptors (Lipinski definition) is 6. The first kappa shape index (κ1) is 18.6. The van der Waals surface area contributed by atoms with Crippen LogP contribution < -0.4 is 10.2 Å². The van der Waals surface area contributed by atoms with Gasteiger partial charge in [0.15, 0.2) is 5.69 Å². The molecule has 7 heteroatoms. The summed E-state index contributed by atoms with van der Waals surface area (Å²) in [6.45, 7) is 6.55. The Morgan fingerprint density at radius 1 is 1.03 bits per heavy atom. The van der Waals surface area contributed by atoms with Crippen molar-refractivity contribution in [3.63, 3.8) is 0 Å². The predicted octanol–water partition coefficient (Wildman–Crippen LogP) is 3.97. The molecule has 7 nitrogen and oxygen atoms in total. The van der Waals surface area contributed by atoms with Gasteiger partial charge in [0.25, 0.3) is 5.89 Å². The third-order valence-electron chi connectivity index (χ3n) is 4.33. The van der Waals surface area contributed by atoms with Crippen molar-refractivity contribution in [1.29, 1.82) is 0 Å². The van der Waals surface area contributed by atoms with Gasteiger partial charge in [-0.25, -0.2) is 4.68 Å². The molecule has 0 N–H and O–H groups in total. The molecule has 4 rings (SSSR count). The molecule has 2 aromatic carbocycles. The molecule has 0 amide bonds. The quantitative estimate of drug-likeness (QED) is 0.514. The van der Waals surface area contributed by atoms with Gasteiger partial charge in [0.05, 0.1) is 12.3 Å². The molecular formula is C22H20N4O3. The minimum absolute atomic E-state index is 0.0811. The Morgan fingerprint density at radius 2 is 1.76 bits per heavy atom. The predicted molar refractivity (Wildman–Crippen MR) is 109 cm³/mol. The molecule has 0 saturated carbocycles. The van der Waals surface area contributed by atoms with Crippen molar-refractivity contribution in [2.45, 2.75) is 20.8 Å². The van der Waals surface area contributed by atoms with Crippen LogP contribution in [0.1, 0.15) is 18.1 Å². The van der Waals surface area contributed by atoms with Crippen LogP contribution in [0, 0.1) is 13.8 Å². The van der Waals surface area contributed by atoms with E-state index in [9.17, 15) is 4.79 Å². The van der Waals surface area contributed by atoms with Crippen molar-refractivity contribution in [2.75, 3.05) is 6.61 Å². The van der Waals surface area contributed by atoms with Crippen molar-refractivity contribution in [2.24, 2.45) is 0 Å². The van der Waals surface area contributed by atoms with Crippen molar-refractivity contribution in [3.05, 3.63) is 76.1 Å². The highest BCUT2D eigenvalue weighted by Crippen LogP contribution is 2.22. The molecule has 0 fully saturated rings. The topological polar surface area (TPSA) is 83.0 Å². The standard InChI is InChI=1S/C22H20N4O3/c1-4-28-18-7-5-16(6-8-18)21-23-22(29-25-21)20-19(27)9-10-26(24-20)17-12-14(2)11-15(3)13-17/h5-13H,4H2,1-3H3. The highest BCUT2D eigenvalue weighted by atomic mass is 16.5. The van der Waals surface area contributed by atoms with E-state index in [-0.39, 0.29) is 17.0 Å². The lowest BCUT2D eigenvalue weighted by Crippen LogP contribution is -2.13. The lowest BCUT2D eigenvalue weighted by molar-refractivity contribution is 0.340. The lowest BCUT2D eigenvalue weighted by atomic mass is 10.1. The first-order valence-corrected chi connectivity index (χ1v) is 9.29. The third kappa shape index (κ3) is 3.94. The Kier molecular flexibility index (Phi) is 4.95. The maximum Gasteiger partial charge on any atom is 0.282 e. The molecule has 2 aromatic heterocycles. The van der Waals surface area contributed by atoms with Gasteiger partial charge >= 0.3 is 0 Å². The Hall–Kier alpha value is -3.74. The number of aryl methyl sites for hydroxylation is 2. The minimum atomic E-state index is -0.285. The molecule has 0 unspecified atom stereocenters. The molecule has 29 heavy (non-hydrogen) atoms. The first-order chi connectivity index (χ1) is 14.0. The van der Waals surface area contributed by atoms with E-state index in [2.05, 4.69) is 21.3 Å².